The molecule has 1 aliphatic heterocycles. The number of H-pyrrole nitrogens is 1. The van der Waals surface area contributed by atoms with Gasteiger partial charge >= 0.3 is 0 Å². The molecule has 0 bridgehead atoms. The molecule has 0 saturated carbocycles. The van der Waals surface area contributed by atoms with Gasteiger partial charge in [0, 0.05) is 19.7 Å². The van der Waals surface area contributed by atoms with Crippen LogP contribution in [0.1, 0.15) is 16.1 Å². The molecule has 0 spiro atoms. The number of rotatable bonds is 1. The summed E-state index contributed by atoms with van der Waals surface area (Å²) in [7, 11) is 0. The molecular formula is C24H12Br2N2O2. The second-order valence-electron chi connectivity index (χ2n) is 7.27. The molecule has 0 atom stereocenters. The van der Waals surface area contributed by atoms with Crippen molar-refractivity contribution in [2.75, 3.05) is 0 Å². The first-order valence-electron chi connectivity index (χ1n) is 9.31. The Hall–Kier alpha value is -2.96. The Morgan fingerprint density at radius 2 is 1.53 bits per heavy atom. The highest BCUT2D eigenvalue weighted by Crippen LogP contribution is 2.44. The maximum atomic E-state index is 13.4. The molecule has 0 aliphatic carbocycles. The van der Waals surface area contributed by atoms with Gasteiger partial charge in [-0.2, -0.15) is 0 Å². The average molecular weight is 520 g/mol. The number of aromatic amines is 1. The molecule has 2 heterocycles. The summed E-state index contributed by atoms with van der Waals surface area (Å²) in [6.45, 7) is 0. The van der Waals surface area contributed by atoms with Gasteiger partial charge in [-0.15, -0.1) is 0 Å². The van der Waals surface area contributed by atoms with Crippen LogP contribution in [-0.2, 0) is 0 Å². The van der Waals surface area contributed by atoms with Crippen LogP contribution in [0.4, 0.5) is 5.69 Å². The van der Waals surface area contributed by atoms with E-state index in [0.717, 1.165) is 36.0 Å². The molecule has 1 aliphatic rings. The molecule has 6 heteroatoms. The average Bonchev–Trinajstić information content (AvgIpc) is 3.27. The Balaban J connectivity index is 1.63. The summed E-state index contributed by atoms with van der Waals surface area (Å²) in [6.07, 6.45) is 0. The number of nitrogens with one attached hydrogen (secondary N) is 1. The number of aliphatic imine (C=N–C) groups is 1. The minimum atomic E-state index is -0.201. The molecule has 0 radical (unpaired) electrons. The third kappa shape index (κ3) is 2.32. The third-order valence-electron chi connectivity index (χ3n) is 5.61. The molecule has 4 aromatic carbocycles. The lowest BCUT2D eigenvalue weighted by Crippen LogP contribution is -2.12. The van der Waals surface area contributed by atoms with Gasteiger partial charge in [0.05, 0.1) is 16.8 Å². The van der Waals surface area contributed by atoms with Gasteiger partial charge in [0.15, 0.2) is 5.75 Å². The molecule has 0 amide bonds. The summed E-state index contributed by atoms with van der Waals surface area (Å²) in [5.74, 6) is -0.176. The first-order chi connectivity index (χ1) is 14.5. The Kier molecular flexibility index (Phi) is 3.73. The van der Waals surface area contributed by atoms with E-state index in [1.165, 1.54) is 0 Å². The SMILES string of the molecule is O=C1C(c2[nH]c3c(cc(Br)c4ccccc43)c2O)=Nc2c(Br)cc3ccccc3c21. The van der Waals surface area contributed by atoms with E-state index in [1.54, 1.807) is 0 Å². The Bertz CT molecular complexity index is 1600. The summed E-state index contributed by atoms with van der Waals surface area (Å²) in [5.41, 5.74) is 2.48. The standard InChI is InChI=1S/C24H12Br2N2O2/c25-16-10-15-19(14-8-4-3-7-13(14)16)27-21(23(15)29)22-24(30)18-12-6-2-1-5-11(12)9-17(26)20(18)28-22/h1-10,27,29H. The number of aromatic hydroxyl groups is 1. The van der Waals surface area contributed by atoms with Crippen LogP contribution in [0.25, 0.3) is 32.4 Å². The number of fused-ring (bicyclic) bond motifs is 6. The van der Waals surface area contributed by atoms with Crippen molar-refractivity contribution < 1.29 is 9.90 Å². The molecule has 144 valence electrons. The van der Waals surface area contributed by atoms with E-state index in [-0.39, 0.29) is 17.2 Å². The summed E-state index contributed by atoms with van der Waals surface area (Å²) >= 11 is 7.14. The van der Waals surface area contributed by atoms with Crippen molar-refractivity contribution in [3.63, 3.8) is 0 Å². The predicted octanol–water partition coefficient (Wildman–Crippen LogP) is 7.02. The van der Waals surface area contributed by atoms with Crippen LogP contribution >= 0.6 is 31.9 Å². The van der Waals surface area contributed by atoms with Gasteiger partial charge in [-0.1, -0.05) is 64.5 Å². The van der Waals surface area contributed by atoms with Crippen molar-refractivity contribution in [2.24, 2.45) is 4.99 Å². The van der Waals surface area contributed by atoms with Gasteiger partial charge in [0.2, 0.25) is 5.78 Å². The summed E-state index contributed by atoms with van der Waals surface area (Å²) in [4.78, 5) is 21.3. The van der Waals surface area contributed by atoms with Gasteiger partial charge < -0.3 is 10.1 Å². The van der Waals surface area contributed by atoms with Crippen LogP contribution in [0, 0.1) is 0 Å². The number of aromatic nitrogens is 1. The molecule has 1 aromatic heterocycles. The fraction of sp³-hybridized carbons (Fsp3) is 0. The molecule has 6 rings (SSSR count). The molecule has 0 saturated heterocycles. The molecule has 0 unspecified atom stereocenters. The normalized spacial score (nSPS) is 13.4. The fourth-order valence-corrected chi connectivity index (χ4v) is 5.34. The first kappa shape index (κ1) is 17.9. The number of nitrogens with zero attached hydrogens (tertiary/aromatic N) is 1. The van der Waals surface area contributed by atoms with Crippen LogP contribution in [0.15, 0.2) is 74.6 Å². The van der Waals surface area contributed by atoms with Crippen molar-refractivity contribution in [2.45, 2.75) is 0 Å². The lowest BCUT2D eigenvalue weighted by Gasteiger charge is -2.05. The summed E-state index contributed by atoms with van der Waals surface area (Å²) in [5, 5.41) is 15.5. The third-order valence-corrected chi connectivity index (χ3v) is 6.87. The number of halogens is 2. The van der Waals surface area contributed by atoms with Crippen molar-refractivity contribution in [1.82, 2.24) is 4.98 Å². The number of ketones is 1. The van der Waals surface area contributed by atoms with Gasteiger partial charge in [0.25, 0.3) is 0 Å². The minimum Gasteiger partial charge on any atom is -0.505 e. The van der Waals surface area contributed by atoms with Gasteiger partial charge in [0.1, 0.15) is 11.4 Å². The molecule has 5 aromatic rings. The molecule has 30 heavy (non-hydrogen) atoms. The van der Waals surface area contributed by atoms with E-state index >= 15 is 0 Å². The molecule has 2 N–H and O–H groups in total. The number of Topliss-reactive ketones (excluding diaryl/α,β-unsaturated/α-hetero) is 1. The van der Waals surface area contributed by atoms with Gasteiger partial charge in [-0.25, -0.2) is 4.99 Å². The quantitative estimate of drug-likeness (QED) is 0.250. The van der Waals surface area contributed by atoms with E-state index in [9.17, 15) is 9.90 Å². The second-order valence-corrected chi connectivity index (χ2v) is 8.98. The first-order valence-corrected chi connectivity index (χ1v) is 10.9. The van der Waals surface area contributed by atoms with Gasteiger partial charge in [-0.3, -0.25) is 4.79 Å². The summed E-state index contributed by atoms with van der Waals surface area (Å²) < 4.78 is 1.63. The number of hydrogen-bond acceptors (Lipinski definition) is 3. The minimum absolute atomic E-state index is 0.0248. The van der Waals surface area contributed by atoms with Crippen LogP contribution in [0.2, 0.25) is 0 Å². The monoisotopic (exact) mass is 518 g/mol. The Labute approximate surface area is 187 Å². The van der Waals surface area contributed by atoms with E-state index in [2.05, 4.69) is 41.8 Å². The number of benzene rings is 4. The van der Waals surface area contributed by atoms with Crippen LogP contribution < -0.4 is 0 Å². The topological polar surface area (TPSA) is 65.5 Å². The largest absolute Gasteiger partial charge is 0.505 e. The number of hydrogen-bond donors (Lipinski definition) is 2. The zero-order valence-electron chi connectivity index (χ0n) is 15.3. The molecule has 0 fully saturated rings. The second kappa shape index (κ2) is 6.27. The van der Waals surface area contributed by atoms with E-state index in [4.69, 9.17) is 0 Å². The Morgan fingerprint density at radius 3 is 2.33 bits per heavy atom. The van der Waals surface area contributed by atoms with Crippen LogP contribution in [0.5, 0.6) is 5.75 Å². The Morgan fingerprint density at radius 1 is 0.833 bits per heavy atom. The lowest BCUT2D eigenvalue weighted by atomic mass is 9.99. The number of carbonyl (C=O) groups is 1. The van der Waals surface area contributed by atoms with Crippen LogP contribution in [-0.4, -0.2) is 21.6 Å². The summed E-state index contributed by atoms with van der Waals surface area (Å²) in [6, 6.07) is 19.5. The van der Waals surface area contributed by atoms with E-state index in [1.807, 2.05) is 60.7 Å². The highest BCUT2D eigenvalue weighted by molar-refractivity contribution is 9.11. The fourth-order valence-electron chi connectivity index (χ4n) is 4.23. The van der Waals surface area contributed by atoms with Gasteiger partial charge in [-0.05, 0) is 44.2 Å². The van der Waals surface area contributed by atoms with Crippen molar-refractivity contribution in [3.8, 4) is 5.75 Å². The lowest BCUT2D eigenvalue weighted by molar-refractivity contribution is 0.107. The zero-order chi connectivity index (χ0) is 20.6. The maximum absolute atomic E-state index is 13.4. The molecule has 4 nitrogen and oxygen atoms in total. The number of carbonyl (C=O) groups excluding carboxylic acids is 1. The predicted molar refractivity (Wildman–Crippen MR) is 127 cm³/mol. The highest BCUT2D eigenvalue weighted by Gasteiger charge is 2.33. The van der Waals surface area contributed by atoms with Crippen molar-refractivity contribution in [3.05, 3.63) is 80.9 Å². The maximum Gasteiger partial charge on any atom is 0.216 e. The van der Waals surface area contributed by atoms with Crippen LogP contribution in [0.3, 0.4) is 0 Å². The van der Waals surface area contributed by atoms with Crippen molar-refractivity contribution in [1.29, 1.82) is 0 Å². The van der Waals surface area contributed by atoms with E-state index < -0.39 is 0 Å². The smallest absolute Gasteiger partial charge is 0.216 e. The zero-order valence-corrected chi connectivity index (χ0v) is 18.5. The highest BCUT2D eigenvalue weighted by atomic mass is 79.9. The van der Waals surface area contributed by atoms with Crippen molar-refractivity contribution >= 4 is 81.5 Å². The van der Waals surface area contributed by atoms with E-state index in [0.29, 0.717) is 22.3 Å². The molecular weight excluding hydrogens is 508 g/mol.